The number of hydrogen-bond donors (Lipinski definition) is 15. The monoisotopic (exact) mass is 1140 g/mol. The van der Waals surface area contributed by atoms with E-state index < -0.39 is 76.3 Å². The summed E-state index contributed by atoms with van der Waals surface area (Å²) < 4.78 is 0. The summed E-state index contributed by atoms with van der Waals surface area (Å²) in [7, 11) is 0. The summed E-state index contributed by atoms with van der Waals surface area (Å²) in [6.45, 7) is 0. The first-order chi connectivity index (χ1) is 26.0. The number of hydrogen-bond acceptors (Lipinski definition) is 30. The summed E-state index contributed by atoms with van der Waals surface area (Å²) in [5.41, 5.74) is 0. The van der Waals surface area contributed by atoms with E-state index in [1.807, 2.05) is 0 Å². The average Bonchev–Trinajstić information content (AvgIpc) is 2.78. The third-order valence-corrected chi connectivity index (χ3v) is 0. The van der Waals surface area contributed by atoms with E-state index in [9.17, 15) is 0 Å². The molecule has 65 heteroatoms. The van der Waals surface area contributed by atoms with Crippen LogP contribution in [0.4, 0.5) is 0 Å². The first kappa shape index (κ1) is 131. The molecule has 0 aromatic heterocycles. The SMILES string of the molecule is O=[N+]([O-])O.O=[N+]([O-])O.O=[N+]([O-])O.O=[N+]([O-])O.O=[N+]([O-])O.O=[N+]([O-])O.O=[N+]([O-])O.O=[N+]([O-])O.O=[N+]([O-])O.O=[N+]([O-])O.O=[N+]([O-])O.O=[N+]([O-])O.O=[N+]([O-])O.O=[N+]([O-])O.O=[N+]([O-])O.[KH].[KH].[KH].[KH].[KH]. The first-order valence-corrected chi connectivity index (χ1v) is 8.48. The molecule has 0 unspecified atom stereocenters. The molecular weight excluding hydrogens is 1130 g/mol. The summed E-state index contributed by atoms with van der Waals surface area (Å²) in [4.78, 5) is 125. The summed E-state index contributed by atoms with van der Waals surface area (Å²) >= 11 is 0. The van der Waals surface area contributed by atoms with Crippen molar-refractivity contribution in [3.05, 3.63) is 152 Å². The minimum atomic E-state index is -1.50. The molecule has 0 spiro atoms. The average molecular weight is 1150 g/mol. The molecular formula is H20K5N15O45. The summed E-state index contributed by atoms with van der Waals surface area (Å²) in [5.74, 6) is 0. The topological polar surface area (TPSA) is 951 Å². The molecule has 0 bridgehead atoms. The van der Waals surface area contributed by atoms with Crippen molar-refractivity contribution in [1.82, 2.24) is 0 Å². The third-order valence-electron chi connectivity index (χ3n) is 0. The second-order valence-electron chi connectivity index (χ2n) is 3.57. The van der Waals surface area contributed by atoms with Crippen LogP contribution in [0.25, 0.3) is 0 Å². The molecule has 370 valence electrons. The van der Waals surface area contributed by atoms with Gasteiger partial charge in [0.2, 0.25) is 0 Å². The van der Waals surface area contributed by atoms with Gasteiger partial charge in [-0.3, -0.25) is 0 Å². The van der Waals surface area contributed by atoms with Crippen molar-refractivity contribution in [2.45, 2.75) is 0 Å². The Morgan fingerprint density at radius 1 is 0.138 bits per heavy atom. The zero-order valence-corrected chi connectivity index (χ0v) is 25.7. The molecule has 0 heterocycles. The number of nitrogens with zero attached hydrogens (tertiary/aromatic N) is 15. The maximum absolute atomic E-state index is 8.36. The van der Waals surface area contributed by atoms with Crippen LogP contribution in [0.15, 0.2) is 0 Å². The Kier molecular flexibility index (Phi) is 250. The second kappa shape index (κ2) is 124. The minimum absolute atomic E-state index is 0. The Morgan fingerprint density at radius 3 is 0.138 bits per heavy atom. The van der Waals surface area contributed by atoms with Crippen molar-refractivity contribution >= 4 is 257 Å². The Bertz CT molecular complexity index is 771. The van der Waals surface area contributed by atoms with Crippen LogP contribution >= 0.6 is 0 Å². The third kappa shape index (κ3) is 14000. The molecule has 0 rings (SSSR count). The predicted molar refractivity (Wildman–Crippen MR) is 167 cm³/mol. The van der Waals surface area contributed by atoms with Gasteiger partial charge in [0.1, 0.15) is 0 Å². The van der Waals surface area contributed by atoms with Crippen LogP contribution in [0.3, 0.4) is 0 Å². The molecule has 0 aliphatic carbocycles. The van der Waals surface area contributed by atoms with Gasteiger partial charge in [-0.05, 0) is 0 Å². The van der Waals surface area contributed by atoms with Crippen LogP contribution in [0, 0.1) is 152 Å². The van der Waals surface area contributed by atoms with Crippen molar-refractivity contribution in [2.75, 3.05) is 0 Å². The van der Waals surface area contributed by atoms with Crippen molar-refractivity contribution in [2.24, 2.45) is 0 Å². The molecule has 0 amide bonds. The summed E-state index contributed by atoms with van der Waals surface area (Å²) in [6, 6.07) is 0. The van der Waals surface area contributed by atoms with Gasteiger partial charge >= 0.3 is 257 Å². The summed E-state index contributed by atoms with van der Waals surface area (Å²) in [5, 5.41) is 205. The molecule has 0 aliphatic rings. The standard InChI is InChI=1S/5K.15HNO3.5H/c;;;;;15*2-1(3)4;;;;;/h;;;;;15*(H,2,3,4);;;;;. The van der Waals surface area contributed by atoms with Gasteiger partial charge in [0.05, 0.1) is 0 Å². The van der Waals surface area contributed by atoms with Crippen LogP contribution < -0.4 is 0 Å². The summed E-state index contributed by atoms with van der Waals surface area (Å²) in [6.07, 6.45) is 0. The van der Waals surface area contributed by atoms with E-state index in [0.717, 1.165) is 0 Å². The fourth-order valence-corrected chi connectivity index (χ4v) is 0. The van der Waals surface area contributed by atoms with Crippen molar-refractivity contribution in [3.8, 4) is 0 Å². The van der Waals surface area contributed by atoms with E-state index in [1.54, 1.807) is 0 Å². The van der Waals surface area contributed by atoms with E-state index in [4.69, 9.17) is 230 Å². The van der Waals surface area contributed by atoms with Gasteiger partial charge in [0.15, 0.2) is 0 Å². The quantitative estimate of drug-likeness (QED) is 0.0608. The molecule has 60 nitrogen and oxygen atoms in total. The van der Waals surface area contributed by atoms with Gasteiger partial charge in [-0.25, -0.2) is 0 Å². The van der Waals surface area contributed by atoms with E-state index in [0.29, 0.717) is 0 Å². The van der Waals surface area contributed by atoms with E-state index >= 15 is 0 Å². The van der Waals surface area contributed by atoms with Gasteiger partial charge in [0, 0.05) is 0 Å². The first-order valence-electron chi connectivity index (χ1n) is 8.48. The van der Waals surface area contributed by atoms with Gasteiger partial charge in [0.25, 0.3) is 76.3 Å². The van der Waals surface area contributed by atoms with Crippen LogP contribution in [-0.4, -0.2) is 411 Å². The molecule has 0 fully saturated rings. The normalized spacial score (nSPS) is 5.54. The molecule has 65 heavy (non-hydrogen) atoms. The molecule has 0 atom stereocenters. The Labute approximate surface area is 552 Å². The Hall–Kier alpha value is -3.82. The molecule has 0 radical (unpaired) electrons. The molecule has 0 aromatic rings. The Morgan fingerprint density at radius 2 is 0.138 bits per heavy atom. The molecule has 15 N–H and O–H groups in total. The molecule has 0 saturated carbocycles. The maximum atomic E-state index is 8.36. The van der Waals surface area contributed by atoms with Crippen molar-refractivity contribution < 1.29 is 154 Å². The van der Waals surface area contributed by atoms with Crippen LogP contribution in [0.1, 0.15) is 0 Å². The van der Waals surface area contributed by atoms with E-state index in [-0.39, 0.29) is 257 Å². The predicted octanol–water partition coefficient (Wildman–Crippen LogP) is -8.46. The molecule has 0 aliphatic heterocycles. The Balaban J connectivity index is -0.0000000184. The van der Waals surface area contributed by atoms with Crippen molar-refractivity contribution in [3.63, 3.8) is 0 Å². The van der Waals surface area contributed by atoms with Crippen LogP contribution in [0.2, 0.25) is 0 Å². The number of rotatable bonds is 0. The zero-order chi connectivity index (χ0) is 53.7. The van der Waals surface area contributed by atoms with E-state index in [2.05, 4.69) is 0 Å². The molecule has 0 aromatic carbocycles. The fraction of sp³-hybridized carbons (Fsp3) is 0. The second-order valence-corrected chi connectivity index (χ2v) is 3.57. The van der Waals surface area contributed by atoms with E-state index in [1.165, 1.54) is 0 Å². The van der Waals surface area contributed by atoms with Gasteiger partial charge < -0.3 is 78.1 Å². The van der Waals surface area contributed by atoms with Gasteiger partial charge in [-0.15, -0.1) is 152 Å². The van der Waals surface area contributed by atoms with Gasteiger partial charge in [-0.2, -0.15) is 0 Å². The van der Waals surface area contributed by atoms with Crippen LogP contribution in [0.5, 0.6) is 0 Å². The van der Waals surface area contributed by atoms with Crippen molar-refractivity contribution in [1.29, 1.82) is 0 Å². The van der Waals surface area contributed by atoms with Gasteiger partial charge in [-0.1, -0.05) is 0 Å². The van der Waals surface area contributed by atoms with Crippen LogP contribution in [-0.2, 0) is 0 Å². The fourth-order valence-electron chi connectivity index (χ4n) is 0. The molecule has 0 saturated heterocycles. The zero-order valence-electron chi connectivity index (χ0n) is 25.7.